The first-order valence-electron chi connectivity index (χ1n) is 3.32. The molecule has 1 heterocycles. The lowest BCUT2D eigenvalue weighted by Crippen LogP contribution is -2.14. The SMILES string of the molecule is O=c1cc(I)[nH]c(CBr)c1C(F)F. The largest absolute Gasteiger partial charge is 0.353 e. The lowest BCUT2D eigenvalue weighted by molar-refractivity contribution is 0.148. The number of rotatable bonds is 2. The van der Waals surface area contributed by atoms with Crippen LogP contribution in [0.15, 0.2) is 10.9 Å². The molecule has 1 aromatic rings. The Morgan fingerprint density at radius 3 is 2.69 bits per heavy atom. The highest BCUT2D eigenvalue weighted by Gasteiger charge is 2.17. The Labute approximate surface area is 95.0 Å². The van der Waals surface area contributed by atoms with E-state index in [4.69, 9.17) is 0 Å². The van der Waals surface area contributed by atoms with Crippen LogP contribution >= 0.6 is 38.5 Å². The van der Waals surface area contributed by atoms with Crippen LogP contribution < -0.4 is 5.43 Å². The van der Waals surface area contributed by atoms with E-state index in [1.165, 1.54) is 0 Å². The summed E-state index contributed by atoms with van der Waals surface area (Å²) in [4.78, 5) is 13.8. The molecule has 0 aromatic carbocycles. The first-order valence-corrected chi connectivity index (χ1v) is 5.52. The van der Waals surface area contributed by atoms with Crippen LogP contribution in [0.2, 0.25) is 0 Å². The molecule has 1 N–H and O–H groups in total. The predicted octanol–water partition coefficient (Wildman–Crippen LogP) is 2.81. The van der Waals surface area contributed by atoms with Gasteiger partial charge in [-0.1, -0.05) is 15.9 Å². The van der Waals surface area contributed by atoms with Crippen molar-refractivity contribution in [2.45, 2.75) is 11.8 Å². The molecule has 0 aliphatic carbocycles. The summed E-state index contributed by atoms with van der Waals surface area (Å²) >= 11 is 4.91. The van der Waals surface area contributed by atoms with Crippen LogP contribution in [-0.2, 0) is 5.33 Å². The van der Waals surface area contributed by atoms with Crippen LogP contribution in [-0.4, -0.2) is 4.98 Å². The maximum atomic E-state index is 12.4. The molecule has 0 spiro atoms. The van der Waals surface area contributed by atoms with Gasteiger partial charge in [0.15, 0.2) is 5.43 Å². The predicted molar refractivity (Wildman–Crippen MR) is 57.4 cm³/mol. The molecule has 72 valence electrons. The molecule has 0 bridgehead atoms. The molecule has 0 radical (unpaired) electrons. The molecule has 0 aliphatic heterocycles. The van der Waals surface area contributed by atoms with Crippen LogP contribution in [0.25, 0.3) is 0 Å². The fourth-order valence-electron chi connectivity index (χ4n) is 0.934. The van der Waals surface area contributed by atoms with Crippen molar-refractivity contribution in [3.63, 3.8) is 0 Å². The van der Waals surface area contributed by atoms with E-state index in [-0.39, 0.29) is 11.0 Å². The number of aromatic amines is 1. The van der Waals surface area contributed by atoms with Crippen molar-refractivity contribution in [1.29, 1.82) is 0 Å². The lowest BCUT2D eigenvalue weighted by atomic mass is 10.2. The maximum Gasteiger partial charge on any atom is 0.269 e. The summed E-state index contributed by atoms with van der Waals surface area (Å²) < 4.78 is 25.3. The third-order valence-corrected chi connectivity index (χ3v) is 2.61. The molecule has 2 nitrogen and oxygen atoms in total. The van der Waals surface area contributed by atoms with Crippen LogP contribution in [0.3, 0.4) is 0 Å². The van der Waals surface area contributed by atoms with E-state index < -0.39 is 17.4 Å². The summed E-state index contributed by atoms with van der Waals surface area (Å²) in [5.41, 5.74) is -0.822. The number of nitrogens with one attached hydrogen (secondary N) is 1. The number of halogens is 4. The van der Waals surface area contributed by atoms with E-state index >= 15 is 0 Å². The normalized spacial score (nSPS) is 10.8. The molecule has 0 fully saturated rings. The van der Waals surface area contributed by atoms with E-state index in [0.717, 1.165) is 6.07 Å². The minimum Gasteiger partial charge on any atom is -0.353 e. The van der Waals surface area contributed by atoms with Gasteiger partial charge in [-0.25, -0.2) is 8.78 Å². The molecule has 6 heteroatoms. The molecule has 0 atom stereocenters. The summed E-state index contributed by atoms with van der Waals surface area (Å²) in [6, 6.07) is 1.16. The summed E-state index contributed by atoms with van der Waals surface area (Å²) in [7, 11) is 0. The van der Waals surface area contributed by atoms with Crippen LogP contribution in [0.1, 0.15) is 17.7 Å². The zero-order valence-corrected chi connectivity index (χ0v) is 10.0. The highest BCUT2D eigenvalue weighted by atomic mass is 127. The monoisotopic (exact) mass is 363 g/mol. The third kappa shape index (κ3) is 2.49. The highest BCUT2D eigenvalue weighted by Crippen LogP contribution is 2.20. The average molecular weight is 364 g/mol. The van der Waals surface area contributed by atoms with Gasteiger partial charge < -0.3 is 4.98 Å². The van der Waals surface area contributed by atoms with Crippen LogP contribution in [0, 0.1) is 3.70 Å². The first-order chi connectivity index (χ1) is 6.06. The molecule has 13 heavy (non-hydrogen) atoms. The van der Waals surface area contributed by atoms with Crippen molar-refractivity contribution in [3.8, 4) is 0 Å². The van der Waals surface area contributed by atoms with Gasteiger partial charge >= 0.3 is 0 Å². The van der Waals surface area contributed by atoms with Gasteiger partial charge in [-0.3, -0.25) is 4.79 Å². The standard InChI is InChI=1S/C7H5BrF2INO/c8-2-3-6(7(9)10)4(13)1-5(11)12-3/h1,7H,2H2,(H,12,13). The maximum absolute atomic E-state index is 12.4. The zero-order valence-electron chi connectivity index (χ0n) is 6.28. The molecule has 1 rings (SSSR count). The second-order valence-corrected chi connectivity index (χ2v) is 4.03. The number of hydrogen-bond donors (Lipinski definition) is 1. The Morgan fingerprint density at radius 2 is 2.23 bits per heavy atom. The number of hydrogen-bond acceptors (Lipinski definition) is 1. The van der Waals surface area contributed by atoms with Crippen molar-refractivity contribution < 1.29 is 8.78 Å². The fourth-order valence-corrected chi connectivity index (χ4v) is 1.98. The van der Waals surface area contributed by atoms with E-state index in [1.807, 2.05) is 22.6 Å². The van der Waals surface area contributed by atoms with Gasteiger partial charge in [-0.2, -0.15) is 0 Å². The topological polar surface area (TPSA) is 32.9 Å². The number of aromatic nitrogens is 1. The highest BCUT2D eigenvalue weighted by molar-refractivity contribution is 14.1. The van der Waals surface area contributed by atoms with Crippen LogP contribution in [0.4, 0.5) is 8.78 Å². The van der Waals surface area contributed by atoms with E-state index in [9.17, 15) is 13.6 Å². The van der Waals surface area contributed by atoms with E-state index in [1.54, 1.807) is 0 Å². The zero-order chi connectivity index (χ0) is 10.0. The molecule has 1 aromatic heterocycles. The van der Waals surface area contributed by atoms with Gasteiger partial charge in [-0.05, 0) is 22.6 Å². The van der Waals surface area contributed by atoms with Gasteiger partial charge in [0.05, 0.1) is 9.26 Å². The van der Waals surface area contributed by atoms with Gasteiger partial charge in [0, 0.05) is 17.1 Å². The average Bonchev–Trinajstić information content (AvgIpc) is 2.01. The van der Waals surface area contributed by atoms with Crippen molar-refractivity contribution in [3.05, 3.63) is 31.2 Å². The summed E-state index contributed by atoms with van der Waals surface area (Å²) in [6.45, 7) is 0. The van der Waals surface area contributed by atoms with Crippen LogP contribution in [0.5, 0.6) is 0 Å². The van der Waals surface area contributed by atoms with Gasteiger partial charge in [0.1, 0.15) is 0 Å². The first kappa shape index (κ1) is 11.1. The fraction of sp³-hybridized carbons (Fsp3) is 0.286. The molecular formula is C7H5BrF2INO. The van der Waals surface area contributed by atoms with Gasteiger partial charge in [-0.15, -0.1) is 0 Å². The Bertz CT molecular complexity index is 366. The lowest BCUT2D eigenvalue weighted by Gasteiger charge is -2.05. The molecule has 0 aliphatic rings. The molecule has 0 saturated carbocycles. The Morgan fingerprint density at radius 1 is 1.62 bits per heavy atom. The van der Waals surface area contributed by atoms with Crippen molar-refractivity contribution in [2.75, 3.05) is 0 Å². The molecule has 0 saturated heterocycles. The molecule has 0 unspecified atom stereocenters. The smallest absolute Gasteiger partial charge is 0.269 e. The van der Waals surface area contributed by atoms with E-state index in [2.05, 4.69) is 20.9 Å². The van der Waals surface area contributed by atoms with Gasteiger partial charge in [0.2, 0.25) is 0 Å². The second kappa shape index (κ2) is 4.50. The Balaban J connectivity index is 3.39. The number of alkyl halides is 3. The Kier molecular flexibility index (Phi) is 3.84. The Hall–Kier alpha value is 0.0200. The van der Waals surface area contributed by atoms with Crippen molar-refractivity contribution in [1.82, 2.24) is 4.98 Å². The number of H-pyrrole nitrogens is 1. The van der Waals surface area contributed by atoms with Crippen molar-refractivity contribution in [2.24, 2.45) is 0 Å². The van der Waals surface area contributed by atoms with Crippen molar-refractivity contribution >= 4 is 38.5 Å². The molecule has 0 amide bonds. The summed E-state index contributed by atoms with van der Waals surface area (Å²) in [5.74, 6) is 0. The van der Waals surface area contributed by atoms with Gasteiger partial charge in [0.25, 0.3) is 6.43 Å². The quantitative estimate of drug-likeness (QED) is 0.489. The minimum atomic E-state index is -2.73. The number of pyridine rings is 1. The molecular weight excluding hydrogens is 359 g/mol. The minimum absolute atomic E-state index is 0.221. The second-order valence-electron chi connectivity index (χ2n) is 2.31. The summed E-state index contributed by atoms with van der Waals surface area (Å²) in [6.07, 6.45) is -2.73. The van der Waals surface area contributed by atoms with E-state index in [0.29, 0.717) is 3.70 Å². The third-order valence-electron chi connectivity index (χ3n) is 1.47. The summed E-state index contributed by atoms with van der Waals surface area (Å²) in [5, 5.41) is 0.221.